The van der Waals surface area contributed by atoms with Crippen LogP contribution < -0.4 is 5.73 Å². The summed E-state index contributed by atoms with van der Waals surface area (Å²) in [5.74, 6) is -0.152. The monoisotopic (exact) mass is 259 g/mol. The fourth-order valence-electron chi connectivity index (χ4n) is 2.63. The highest BCUT2D eigenvalue weighted by atomic mass is 19.1. The van der Waals surface area contributed by atoms with Crippen molar-refractivity contribution < 1.29 is 4.39 Å². The van der Waals surface area contributed by atoms with Crippen molar-refractivity contribution in [2.45, 2.75) is 46.0 Å². The number of rotatable bonds is 4. The van der Waals surface area contributed by atoms with Crippen molar-refractivity contribution in [1.29, 1.82) is 0 Å². The number of halogens is 1. The van der Waals surface area contributed by atoms with Crippen molar-refractivity contribution in [3.8, 4) is 0 Å². The van der Waals surface area contributed by atoms with Gasteiger partial charge < -0.3 is 5.73 Å². The highest BCUT2D eigenvalue weighted by Gasteiger charge is 2.09. The summed E-state index contributed by atoms with van der Waals surface area (Å²) in [6.07, 6.45) is 7.44. The Morgan fingerprint density at radius 2 is 1.95 bits per heavy atom. The first kappa shape index (κ1) is 13.9. The van der Waals surface area contributed by atoms with Gasteiger partial charge in [-0.25, -0.2) is 4.39 Å². The van der Waals surface area contributed by atoms with Gasteiger partial charge in [-0.05, 0) is 80.9 Å². The maximum absolute atomic E-state index is 13.0. The van der Waals surface area contributed by atoms with Gasteiger partial charge in [-0.3, -0.25) is 0 Å². The van der Waals surface area contributed by atoms with E-state index in [0.29, 0.717) is 0 Å². The number of allylic oxidation sites excluding steroid dienone is 3. The Bertz CT molecular complexity index is 526. The maximum atomic E-state index is 13.0. The molecule has 0 heterocycles. The molecule has 1 aromatic carbocycles. The number of aryl methyl sites for hydroxylation is 2. The van der Waals surface area contributed by atoms with Crippen molar-refractivity contribution in [1.82, 2.24) is 0 Å². The van der Waals surface area contributed by atoms with E-state index < -0.39 is 0 Å². The zero-order valence-electron chi connectivity index (χ0n) is 11.8. The quantitative estimate of drug-likeness (QED) is 0.851. The molecule has 0 fully saturated rings. The van der Waals surface area contributed by atoms with Crippen LogP contribution in [-0.4, -0.2) is 0 Å². The van der Waals surface area contributed by atoms with E-state index in [1.165, 1.54) is 16.7 Å². The van der Waals surface area contributed by atoms with Gasteiger partial charge in [0.1, 0.15) is 5.82 Å². The minimum Gasteiger partial charge on any atom is -0.399 e. The fraction of sp³-hybridized carbons (Fsp3) is 0.412. The van der Waals surface area contributed by atoms with Crippen LogP contribution in [0.4, 0.5) is 4.39 Å². The van der Waals surface area contributed by atoms with E-state index in [0.717, 1.165) is 43.4 Å². The summed E-state index contributed by atoms with van der Waals surface area (Å²) in [5.41, 5.74) is 12.0. The van der Waals surface area contributed by atoms with Crippen molar-refractivity contribution in [2.24, 2.45) is 5.73 Å². The summed E-state index contributed by atoms with van der Waals surface area (Å²) in [5, 5.41) is 0. The molecule has 2 heteroatoms. The van der Waals surface area contributed by atoms with E-state index in [4.69, 9.17) is 5.73 Å². The van der Waals surface area contributed by atoms with Crippen LogP contribution in [-0.2, 0) is 6.42 Å². The number of hydrogen-bond donors (Lipinski definition) is 1. The van der Waals surface area contributed by atoms with Crippen LogP contribution in [0.1, 0.15) is 43.7 Å². The maximum Gasteiger partial charge on any atom is 0.123 e. The van der Waals surface area contributed by atoms with E-state index >= 15 is 0 Å². The summed E-state index contributed by atoms with van der Waals surface area (Å²) in [6.45, 7) is 4.10. The molecule has 1 aromatic rings. The molecule has 2 rings (SSSR count). The molecule has 0 spiro atoms. The lowest BCUT2D eigenvalue weighted by atomic mass is 9.92. The van der Waals surface area contributed by atoms with Crippen molar-refractivity contribution >= 4 is 0 Å². The summed E-state index contributed by atoms with van der Waals surface area (Å²) in [6, 6.07) is 5.05. The third kappa shape index (κ3) is 3.69. The van der Waals surface area contributed by atoms with Crippen LogP contribution in [0.3, 0.4) is 0 Å². The second-order valence-electron chi connectivity index (χ2n) is 5.47. The molecule has 0 radical (unpaired) electrons. The molecular weight excluding hydrogens is 237 g/mol. The van der Waals surface area contributed by atoms with Gasteiger partial charge in [-0.1, -0.05) is 11.6 Å². The van der Waals surface area contributed by atoms with Gasteiger partial charge in [-0.15, -0.1) is 0 Å². The second kappa shape index (κ2) is 6.05. The molecule has 102 valence electrons. The Balaban J connectivity index is 1.92. The van der Waals surface area contributed by atoms with Gasteiger partial charge in [0.2, 0.25) is 0 Å². The van der Waals surface area contributed by atoms with Gasteiger partial charge in [-0.2, -0.15) is 0 Å². The molecule has 0 saturated heterocycles. The number of nitrogens with two attached hydrogens (primary N) is 1. The molecule has 0 aliphatic heterocycles. The van der Waals surface area contributed by atoms with Crippen LogP contribution in [0.15, 0.2) is 41.1 Å². The van der Waals surface area contributed by atoms with Crippen LogP contribution in [0, 0.1) is 12.7 Å². The minimum atomic E-state index is -0.152. The Hall–Kier alpha value is -1.57. The SMILES string of the molecule is CC1=CC(N)=C(CCCc2ccc(F)cc2C)CC1. The Morgan fingerprint density at radius 3 is 2.63 bits per heavy atom. The van der Waals surface area contributed by atoms with E-state index in [-0.39, 0.29) is 5.82 Å². The first-order valence-corrected chi connectivity index (χ1v) is 6.96. The molecular formula is C17H22FN. The Labute approximate surface area is 115 Å². The molecule has 1 aliphatic carbocycles. The predicted octanol–water partition coefficient (Wildman–Crippen LogP) is 4.41. The van der Waals surface area contributed by atoms with E-state index in [1.54, 1.807) is 12.1 Å². The summed E-state index contributed by atoms with van der Waals surface area (Å²) >= 11 is 0. The zero-order chi connectivity index (χ0) is 13.8. The third-order valence-corrected chi connectivity index (χ3v) is 3.86. The highest BCUT2D eigenvalue weighted by Crippen LogP contribution is 2.25. The van der Waals surface area contributed by atoms with Crippen LogP contribution in [0.2, 0.25) is 0 Å². The summed E-state index contributed by atoms with van der Waals surface area (Å²) in [7, 11) is 0. The Kier molecular flexibility index (Phi) is 4.41. The fourth-order valence-corrected chi connectivity index (χ4v) is 2.63. The Morgan fingerprint density at radius 1 is 1.16 bits per heavy atom. The standard InChI is InChI=1S/C17H22FN/c1-12-6-7-15(17(19)10-12)5-3-4-14-8-9-16(18)11-13(14)2/h8-11H,3-7,19H2,1-2H3. The lowest BCUT2D eigenvalue weighted by Gasteiger charge is -2.16. The molecule has 19 heavy (non-hydrogen) atoms. The summed E-state index contributed by atoms with van der Waals surface area (Å²) in [4.78, 5) is 0. The topological polar surface area (TPSA) is 26.0 Å². The molecule has 1 aliphatic rings. The number of hydrogen-bond acceptors (Lipinski definition) is 1. The lowest BCUT2D eigenvalue weighted by molar-refractivity contribution is 0.625. The molecule has 0 saturated carbocycles. The number of benzene rings is 1. The van der Waals surface area contributed by atoms with E-state index in [9.17, 15) is 4.39 Å². The molecule has 1 nitrogen and oxygen atoms in total. The molecule has 0 unspecified atom stereocenters. The normalized spacial score (nSPS) is 15.6. The van der Waals surface area contributed by atoms with Crippen molar-refractivity contribution in [2.75, 3.05) is 0 Å². The third-order valence-electron chi connectivity index (χ3n) is 3.86. The predicted molar refractivity (Wildman–Crippen MR) is 78.3 cm³/mol. The van der Waals surface area contributed by atoms with Crippen LogP contribution in [0.5, 0.6) is 0 Å². The zero-order valence-corrected chi connectivity index (χ0v) is 11.8. The first-order valence-electron chi connectivity index (χ1n) is 6.96. The second-order valence-corrected chi connectivity index (χ2v) is 5.47. The van der Waals surface area contributed by atoms with Gasteiger partial charge in [0.05, 0.1) is 0 Å². The average Bonchev–Trinajstić information content (AvgIpc) is 2.34. The van der Waals surface area contributed by atoms with Gasteiger partial charge in [0, 0.05) is 5.70 Å². The van der Waals surface area contributed by atoms with Gasteiger partial charge in [0.25, 0.3) is 0 Å². The van der Waals surface area contributed by atoms with Gasteiger partial charge >= 0.3 is 0 Å². The molecule has 0 bridgehead atoms. The van der Waals surface area contributed by atoms with Crippen molar-refractivity contribution in [3.05, 3.63) is 58.1 Å². The first-order chi connectivity index (χ1) is 9.06. The summed E-state index contributed by atoms with van der Waals surface area (Å²) < 4.78 is 13.0. The highest BCUT2D eigenvalue weighted by molar-refractivity contribution is 5.31. The molecule has 0 atom stereocenters. The van der Waals surface area contributed by atoms with E-state index in [1.807, 2.05) is 13.0 Å². The largest absolute Gasteiger partial charge is 0.399 e. The van der Waals surface area contributed by atoms with E-state index in [2.05, 4.69) is 13.0 Å². The molecule has 2 N–H and O–H groups in total. The van der Waals surface area contributed by atoms with Gasteiger partial charge in [0.15, 0.2) is 0 Å². The lowest BCUT2D eigenvalue weighted by Crippen LogP contribution is -2.06. The average molecular weight is 259 g/mol. The van der Waals surface area contributed by atoms with Crippen LogP contribution >= 0.6 is 0 Å². The van der Waals surface area contributed by atoms with Crippen LogP contribution in [0.25, 0.3) is 0 Å². The molecule has 0 aromatic heterocycles. The smallest absolute Gasteiger partial charge is 0.123 e. The van der Waals surface area contributed by atoms with Crippen molar-refractivity contribution in [3.63, 3.8) is 0 Å². The minimum absolute atomic E-state index is 0.152. The molecule has 0 amide bonds.